The van der Waals surface area contributed by atoms with Crippen molar-refractivity contribution < 1.29 is 13.2 Å². The molecular formula is C16H25NO3S. The fraction of sp³-hybridized carbons (Fsp3) is 0.625. The molecule has 0 aliphatic carbocycles. The largest absolute Gasteiger partial charge is 0.372 e. The summed E-state index contributed by atoms with van der Waals surface area (Å²) in [7, 11) is -3.14. The second kappa shape index (κ2) is 6.07. The monoisotopic (exact) mass is 311 g/mol. The molecule has 1 N–H and O–H groups in total. The maximum absolute atomic E-state index is 11.5. The second-order valence-electron chi connectivity index (χ2n) is 6.82. The van der Waals surface area contributed by atoms with Gasteiger partial charge in [0, 0.05) is 25.4 Å². The van der Waals surface area contributed by atoms with E-state index in [1.807, 2.05) is 12.1 Å². The first-order chi connectivity index (χ1) is 9.68. The van der Waals surface area contributed by atoms with Crippen LogP contribution in [0, 0.1) is 5.41 Å². The Balaban J connectivity index is 2.09. The Hall–Kier alpha value is -0.910. The van der Waals surface area contributed by atoms with Crippen LogP contribution in [-0.2, 0) is 14.6 Å². The Morgan fingerprint density at radius 2 is 1.81 bits per heavy atom. The highest BCUT2D eigenvalue weighted by atomic mass is 32.2. The van der Waals surface area contributed by atoms with Crippen molar-refractivity contribution in [3.63, 3.8) is 0 Å². The molecule has 0 bridgehead atoms. The maximum atomic E-state index is 11.5. The predicted molar refractivity (Wildman–Crippen MR) is 84.1 cm³/mol. The van der Waals surface area contributed by atoms with Crippen molar-refractivity contribution in [3.05, 3.63) is 29.8 Å². The zero-order chi connectivity index (χ0) is 15.7. The SMILES string of the molecule is CC(C)(C)C1CCOC(c2ccc(S(C)(=O)=O)cc2)CN1. The quantitative estimate of drug-likeness (QED) is 0.912. The Morgan fingerprint density at radius 1 is 1.19 bits per heavy atom. The Kier molecular flexibility index (Phi) is 4.76. The van der Waals surface area contributed by atoms with E-state index in [0.29, 0.717) is 17.5 Å². The first-order valence-electron chi connectivity index (χ1n) is 7.33. The fourth-order valence-corrected chi connectivity index (χ4v) is 3.25. The molecule has 1 fully saturated rings. The van der Waals surface area contributed by atoms with E-state index in [1.165, 1.54) is 6.26 Å². The highest BCUT2D eigenvalue weighted by Gasteiger charge is 2.28. The average Bonchev–Trinajstić information content (AvgIpc) is 2.63. The number of sulfone groups is 1. The minimum Gasteiger partial charge on any atom is -0.372 e. The van der Waals surface area contributed by atoms with Crippen LogP contribution in [0.25, 0.3) is 0 Å². The van der Waals surface area contributed by atoms with E-state index >= 15 is 0 Å². The van der Waals surface area contributed by atoms with Crippen molar-refractivity contribution in [1.29, 1.82) is 0 Å². The third-order valence-corrected chi connectivity index (χ3v) is 5.13. The Labute approximate surface area is 127 Å². The van der Waals surface area contributed by atoms with Crippen LogP contribution in [0.4, 0.5) is 0 Å². The number of nitrogens with one attached hydrogen (secondary N) is 1. The molecule has 0 aromatic heterocycles. The van der Waals surface area contributed by atoms with Crippen molar-refractivity contribution in [2.45, 2.75) is 44.2 Å². The fourth-order valence-electron chi connectivity index (χ4n) is 2.62. The third-order valence-electron chi connectivity index (χ3n) is 4.00. The lowest BCUT2D eigenvalue weighted by Gasteiger charge is -2.30. The molecule has 1 aromatic carbocycles. The van der Waals surface area contributed by atoms with Gasteiger partial charge in [-0.2, -0.15) is 0 Å². The predicted octanol–water partition coefficient (Wildman–Crippen LogP) is 2.56. The summed E-state index contributed by atoms with van der Waals surface area (Å²) < 4.78 is 28.9. The van der Waals surface area contributed by atoms with E-state index in [9.17, 15) is 8.42 Å². The van der Waals surface area contributed by atoms with Gasteiger partial charge < -0.3 is 10.1 Å². The van der Waals surface area contributed by atoms with Gasteiger partial charge in [-0.1, -0.05) is 32.9 Å². The molecule has 1 aromatic rings. The van der Waals surface area contributed by atoms with Gasteiger partial charge in [-0.15, -0.1) is 0 Å². The summed E-state index contributed by atoms with van der Waals surface area (Å²) in [6.45, 7) is 8.15. The molecule has 118 valence electrons. The zero-order valence-electron chi connectivity index (χ0n) is 13.2. The van der Waals surface area contributed by atoms with Gasteiger partial charge in [0.1, 0.15) is 0 Å². The van der Waals surface area contributed by atoms with Gasteiger partial charge in [0.05, 0.1) is 11.0 Å². The number of ether oxygens (including phenoxy) is 1. The van der Waals surface area contributed by atoms with Crippen molar-refractivity contribution >= 4 is 9.84 Å². The summed E-state index contributed by atoms with van der Waals surface area (Å²) >= 11 is 0. The van der Waals surface area contributed by atoms with E-state index in [2.05, 4.69) is 26.1 Å². The minimum absolute atomic E-state index is 0.0223. The van der Waals surface area contributed by atoms with E-state index in [1.54, 1.807) is 12.1 Å². The first kappa shape index (κ1) is 16.5. The van der Waals surface area contributed by atoms with E-state index < -0.39 is 9.84 Å². The smallest absolute Gasteiger partial charge is 0.175 e. The van der Waals surface area contributed by atoms with Crippen LogP contribution in [0.2, 0.25) is 0 Å². The molecule has 2 unspecified atom stereocenters. The molecule has 0 radical (unpaired) electrons. The number of hydrogen-bond donors (Lipinski definition) is 1. The van der Waals surface area contributed by atoms with Crippen LogP contribution in [-0.4, -0.2) is 33.9 Å². The van der Waals surface area contributed by atoms with Gasteiger partial charge in [-0.05, 0) is 29.5 Å². The van der Waals surface area contributed by atoms with Crippen molar-refractivity contribution in [2.24, 2.45) is 5.41 Å². The van der Waals surface area contributed by atoms with E-state index in [4.69, 9.17) is 4.74 Å². The van der Waals surface area contributed by atoms with E-state index in [0.717, 1.165) is 18.5 Å². The molecule has 1 aliphatic rings. The Morgan fingerprint density at radius 3 is 2.33 bits per heavy atom. The molecule has 1 heterocycles. The average molecular weight is 311 g/mol. The zero-order valence-corrected chi connectivity index (χ0v) is 14.0. The Bertz CT molecular complexity index is 573. The number of rotatable bonds is 2. The molecule has 5 heteroatoms. The second-order valence-corrected chi connectivity index (χ2v) is 8.83. The van der Waals surface area contributed by atoms with Crippen molar-refractivity contribution in [2.75, 3.05) is 19.4 Å². The third kappa shape index (κ3) is 4.28. The van der Waals surface area contributed by atoms with Crippen LogP contribution in [0.5, 0.6) is 0 Å². The highest BCUT2D eigenvalue weighted by Crippen LogP contribution is 2.27. The van der Waals surface area contributed by atoms with Gasteiger partial charge >= 0.3 is 0 Å². The standard InChI is InChI=1S/C16H25NO3S/c1-16(2,3)15-9-10-20-14(11-17-15)12-5-7-13(8-6-12)21(4,18)19/h5-8,14-15,17H,9-11H2,1-4H3. The summed E-state index contributed by atoms with van der Waals surface area (Å²) in [6, 6.07) is 7.43. The van der Waals surface area contributed by atoms with Crippen LogP contribution in [0.1, 0.15) is 38.9 Å². The lowest BCUT2D eigenvalue weighted by molar-refractivity contribution is 0.0653. The van der Waals surface area contributed by atoms with Gasteiger partial charge in [0.15, 0.2) is 9.84 Å². The molecule has 4 nitrogen and oxygen atoms in total. The molecule has 0 spiro atoms. The van der Waals surface area contributed by atoms with Gasteiger partial charge in [0.25, 0.3) is 0 Å². The van der Waals surface area contributed by atoms with Gasteiger partial charge in [-0.3, -0.25) is 0 Å². The van der Waals surface area contributed by atoms with Gasteiger partial charge in [-0.25, -0.2) is 8.42 Å². The molecule has 2 atom stereocenters. The summed E-state index contributed by atoms with van der Waals surface area (Å²) in [4.78, 5) is 0.348. The summed E-state index contributed by atoms with van der Waals surface area (Å²) in [5.41, 5.74) is 1.22. The molecule has 1 aliphatic heterocycles. The van der Waals surface area contributed by atoms with Crippen LogP contribution >= 0.6 is 0 Å². The molecule has 21 heavy (non-hydrogen) atoms. The molecule has 0 saturated carbocycles. The van der Waals surface area contributed by atoms with E-state index in [-0.39, 0.29) is 11.5 Å². The summed E-state index contributed by atoms with van der Waals surface area (Å²) in [5, 5.41) is 3.57. The lowest BCUT2D eigenvalue weighted by Crippen LogP contribution is -2.40. The van der Waals surface area contributed by atoms with Crippen LogP contribution in [0.3, 0.4) is 0 Å². The summed E-state index contributed by atoms with van der Waals surface area (Å²) in [5.74, 6) is 0. The molecular weight excluding hydrogens is 286 g/mol. The van der Waals surface area contributed by atoms with Crippen molar-refractivity contribution in [3.8, 4) is 0 Å². The lowest BCUT2D eigenvalue weighted by atomic mass is 9.85. The van der Waals surface area contributed by atoms with Crippen molar-refractivity contribution in [1.82, 2.24) is 5.32 Å². The van der Waals surface area contributed by atoms with Gasteiger partial charge in [0.2, 0.25) is 0 Å². The van der Waals surface area contributed by atoms with Crippen LogP contribution < -0.4 is 5.32 Å². The minimum atomic E-state index is -3.14. The summed E-state index contributed by atoms with van der Waals surface area (Å²) in [6.07, 6.45) is 2.19. The molecule has 0 amide bonds. The molecule has 2 rings (SSSR count). The maximum Gasteiger partial charge on any atom is 0.175 e. The number of benzene rings is 1. The first-order valence-corrected chi connectivity index (χ1v) is 9.22. The molecule has 1 saturated heterocycles. The topological polar surface area (TPSA) is 55.4 Å². The number of hydrogen-bond acceptors (Lipinski definition) is 4. The van der Waals surface area contributed by atoms with Crippen LogP contribution in [0.15, 0.2) is 29.2 Å². The highest BCUT2D eigenvalue weighted by molar-refractivity contribution is 7.90. The normalized spacial score (nSPS) is 24.6.